The van der Waals surface area contributed by atoms with Crippen LogP contribution in [-0.4, -0.2) is 34.4 Å². The normalized spacial score (nSPS) is 19.2. The molecule has 18 heavy (non-hydrogen) atoms. The molecular weight excluding hydrogens is 250 g/mol. The molecule has 0 radical (unpaired) electrons. The minimum absolute atomic E-state index is 0.0621. The van der Waals surface area contributed by atoms with E-state index in [4.69, 9.17) is 11.6 Å². The van der Waals surface area contributed by atoms with Crippen LogP contribution in [0, 0.1) is 0 Å². The standard InChI is InChI=1S/C14H18ClNO2/c15-9-1-3-12-4-2-10-16(12)14(18)11-5-7-13(17)8-6-11/h5-8,12,17H,1-4,9-10H2. The third kappa shape index (κ3) is 2.96. The molecule has 1 unspecified atom stereocenters. The molecule has 1 aliphatic rings. The molecule has 0 saturated carbocycles. The molecule has 1 N–H and O–H groups in total. The lowest BCUT2D eigenvalue weighted by Crippen LogP contribution is -2.35. The second kappa shape index (κ2) is 6.10. The molecule has 4 heteroatoms. The zero-order valence-electron chi connectivity index (χ0n) is 10.3. The van der Waals surface area contributed by atoms with Gasteiger partial charge in [-0.15, -0.1) is 11.6 Å². The number of carbonyl (C=O) groups excluding carboxylic acids is 1. The number of phenols is 1. The van der Waals surface area contributed by atoms with Crippen molar-refractivity contribution in [3.05, 3.63) is 29.8 Å². The van der Waals surface area contributed by atoms with E-state index in [2.05, 4.69) is 0 Å². The number of alkyl halides is 1. The van der Waals surface area contributed by atoms with Gasteiger partial charge in [-0.3, -0.25) is 4.79 Å². The molecule has 2 rings (SSSR count). The molecular formula is C14H18ClNO2. The van der Waals surface area contributed by atoms with Crippen LogP contribution >= 0.6 is 11.6 Å². The molecule has 1 aromatic carbocycles. The van der Waals surface area contributed by atoms with Crippen LogP contribution in [0.4, 0.5) is 0 Å². The maximum Gasteiger partial charge on any atom is 0.254 e. The number of hydrogen-bond donors (Lipinski definition) is 1. The van der Waals surface area contributed by atoms with E-state index in [1.807, 2.05) is 4.90 Å². The van der Waals surface area contributed by atoms with Gasteiger partial charge in [0.15, 0.2) is 0 Å². The molecule has 1 aliphatic heterocycles. The van der Waals surface area contributed by atoms with Gasteiger partial charge < -0.3 is 10.0 Å². The first-order valence-corrected chi connectivity index (χ1v) is 6.92. The van der Waals surface area contributed by atoms with Crippen LogP contribution in [0.15, 0.2) is 24.3 Å². The van der Waals surface area contributed by atoms with Crippen molar-refractivity contribution in [3.8, 4) is 5.75 Å². The molecule has 1 atom stereocenters. The van der Waals surface area contributed by atoms with E-state index in [-0.39, 0.29) is 11.7 Å². The Balaban J connectivity index is 2.05. The first-order valence-electron chi connectivity index (χ1n) is 6.38. The number of nitrogens with zero attached hydrogens (tertiary/aromatic N) is 1. The van der Waals surface area contributed by atoms with Crippen molar-refractivity contribution in [2.45, 2.75) is 31.7 Å². The number of aromatic hydroxyl groups is 1. The molecule has 1 heterocycles. The minimum Gasteiger partial charge on any atom is -0.508 e. The zero-order valence-corrected chi connectivity index (χ0v) is 11.1. The van der Waals surface area contributed by atoms with Gasteiger partial charge >= 0.3 is 0 Å². The van der Waals surface area contributed by atoms with Crippen molar-refractivity contribution >= 4 is 17.5 Å². The Hall–Kier alpha value is -1.22. The summed E-state index contributed by atoms with van der Waals surface area (Å²) in [6.07, 6.45) is 4.07. The van der Waals surface area contributed by atoms with E-state index >= 15 is 0 Å². The van der Waals surface area contributed by atoms with Crippen LogP contribution in [0.3, 0.4) is 0 Å². The summed E-state index contributed by atoms with van der Waals surface area (Å²) in [7, 11) is 0. The van der Waals surface area contributed by atoms with Gasteiger partial charge in [-0.2, -0.15) is 0 Å². The molecule has 98 valence electrons. The third-order valence-corrected chi connectivity index (χ3v) is 3.69. The maximum absolute atomic E-state index is 12.3. The summed E-state index contributed by atoms with van der Waals surface area (Å²) in [5.41, 5.74) is 0.644. The van der Waals surface area contributed by atoms with Crippen molar-refractivity contribution in [3.63, 3.8) is 0 Å². The first kappa shape index (κ1) is 13.2. The lowest BCUT2D eigenvalue weighted by atomic mass is 10.1. The quantitative estimate of drug-likeness (QED) is 0.852. The summed E-state index contributed by atoms with van der Waals surface area (Å²) in [6, 6.07) is 6.78. The van der Waals surface area contributed by atoms with Gasteiger partial charge in [-0.05, 0) is 49.9 Å². The van der Waals surface area contributed by atoms with Gasteiger partial charge in [-0.25, -0.2) is 0 Å². The predicted octanol–water partition coefficient (Wildman–Crippen LogP) is 3.02. The number of carbonyl (C=O) groups is 1. The Kier molecular flexibility index (Phi) is 4.48. The van der Waals surface area contributed by atoms with Crippen molar-refractivity contribution in [1.82, 2.24) is 4.90 Å². The first-order chi connectivity index (χ1) is 8.72. The number of benzene rings is 1. The summed E-state index contributed by atoms with van der Waals surface area (Å²) < 4.78 is 0. The van der Waals surface area contributed by atoms with E-state index in [0.29, 0.717) is 17.5 Å². The van der Waals surface area contributed by atoms with Gasteiger partial charge in [0.25, 0.3) is 5.91 Å². The van der Waals surface area contributed by atoms with Gasteiger partial charge in [0.05, 0.1) is 0 Å². The Morgan fingerprint density at radius 1 is 1.39 bits per heavy atom. The highest BCUT2D eigenvalue weighted by Crippen LogP contribution is 2.24. The number of phenolic OH excluding ortho intramolecular Hbond substituents is 1. The predicted molar refractivity (Wildman–Crippen MR) is 72.1 cm³/mol. The molecule has 1 fully saturated rings. The van der Waals surface area contributed by atoms with Crippen molar-refractivity contribution in [1.29, 1.82) is 0 Å². The SMILES string of the molecule is O=C(c1ccc(O)cc1)N1CCCC1CCCCl. The van der Waals surface area contributed by atoms with Gasteiger partial charge in [-0.1, -0.05) is 0 Å². The Bertz CT molecular complexity index is 405. The van der Waals surface area contributed by atoms with Gasteiger partial charge in [0, 0.05) is 24.0 Å². The monoisotopic (exact) mass is 267 g/mol. The molecule has 0 spiro atoms. The number of amides is 1. The molecule has 0 bridgehead atoms. The van der Waals surface area contributed by atoms with Crippen LogP contribution in [0.1, 0.15) is 36.0 Å². The Morgan fingerprint density at radius 2 is 2.11 bits per heavy atom. The number of hydrogen-bond acceptors (Lipinski definition) is 2. The largest absolute Gasteiger partial charge is 0.508 e. The third-order valence-electron chi connectivity index (χ3n) is 3.42. The summed E-state index contributed by atoms with van der Waals surface area (Å²) >= 11 is 5.71. The van der Waals surface area contributed by atoms with E-state index < -0.39 is 0 Å². The van der Waals surface area contributed by atoms with Crippen LogP contribution in [0.5, 0.6) is 5.75 Å². The lowest BCUT2D eigenvalue weighted by Gasteiger charge is -2.24. The summed E-state index contributed by atoms with van der Waals surface area (Å²) in [6.45, 7) is 0.826. The van der Waals surface area contributed by atoms with Crippen molar-refractivity contribution in [2.24, 2.45) is 0 Å². The maximum atomic E-state index is 12.3. The van der Waals surface area contributed by atoms with E-state index in [9.17, 15) is 9.90 Å². The van der Waals surface area contributed by atoms with Crippen LogP contribution in [0.2, 0.25) is 0 Å². The summed E-state index contributed by atoms with van der Waals surface area (Å²) in [4.78, 5) is 14.3. The Morgan fingerprint density at radius 3 is 2.78 bits per heavy atom. The average Bonchev–Trinajstić information content (AvgIpc) is 2.84. The van der Waals surface area contributed by atoms with Crippen molar-refractivity contribution in [2.75, 3.05) is 12.4 Å². The number of rotatable bonds is 4. The number of halogens is 1. The van der Waals surface area contributed by atoms with Crippen LogP contribution in [0.25, 0.3) is 0 Å². The molecule has 1 aromatic rings. The van der Waals surface area contributed by atoms with Crippen LogP contribution < -0.4 is 0 Å². The topological polar surface area (TPSA) is 40.5 Å². The van der Waals surface area contributed by atoms with Crippen LogP contribution in [-0.2, 0) is 0 Å². The highest BCUT2D eigenvalue weighted by Gasteiger charge is 2.28. The fraction of sp³-hybridized carbons (Fsp3) is 0.500. The number of likely N-dealkylation sites (tertiary alicyclic amines) is 1. The van der Waals surface area contributed by atoms with E-state index in [0.717, 1.165) is 32.2 Å². The van der Waals surface area contributed by atoms with E-state index in [1.165, 1.54) is 0 Å². The molecule has 1 amide bonds. The van der Waals surface area contributed by atoms with E-state index in [1.54, 1.807) is 24.3 Å². The zero-order chi connectivity index (χ0) is 13.0. The second-order valence-electron chi connectivity index (χ2n) is 4.67. The fourth-order valence-corrected chi connectivity index (χ4v) is 2.64. The minimum atomic E-state index is 0.0621. The van der Waals surface area contributed by atoms with Gasteiger partial charge in [0.2, 0.25) is 0 Å². The summed E-state index contributed by atoms with van der Waals surface area (Å²) in [5.74, 6) is 0.899. The lowest BCUT2D eigenvalue weighted by molar-refractivity contribution is 0.0730. The molecule has 1 saturated heterocycles. The molecule has 0 aromatic heterocycles. The van der Waals surface area contributed by atoms with Crippen molar-refractivity contribution < 1.29 is 9.90 Å². The molecule has 0 aliphatic carbocycles. The fourth-order valence-electron chi connectivity index (χ4n) is 2.49. The van der Waals surface area contributed by atoms with Gasteiger partial charge in [0.1, 0.15) is 5.75 Å². The average molecular weight is 268 g/mol. The highest BCUT2D eigenvalue weighted by molar-refractivity contribution is 6.17. The molecule has 3 nitrogen and oxygen atoms in total. The smallest absolute Gasteiger partial charge is 0.254 e. The summed E-state index contributed by atoms with van der Waals surface area (Å²) in [5, 5.41) is 9.23. The second-order valence-corrected chi connectivity index (χ2v) is 5.05. The Labute approximate surface area is 112 Å². The highest BCUT2D eigenvalue weighted by atomic mass is 35.5.